The lowest BCUT2D eigenvalue weighted by Gasteiger charge is -2.12. The maximum Gasteiger partial charge on any atom is 0.0542 e. The summed E-state index contributed by atoms with van der Waals surface area (Å²) in [6.07, 6.45) is 3.06. The number of nitrogens with zero attached hydrogens (tertiary/aromatic N) is 1. The molecule has 1 N–H and O–H groups in total. The summed E-state index contributed by atoms with van der Waals surface area (Å²) in [5.74, 6) is 2.44. The van der Waals surface area contributed by atoms with E-state index in [4.69, 9.17) is 0 Å². The minimum atomic E-state index is 0.560. The summed E-state index contributed by atoms with van der Waals surface area (Å²) in [4.78, 5) is 4.33. The van der Waals surface area contributed by atoms with Gasteiger partial charge in [-0.1, -0.05) is 6.92 Å². The van der Waals surface area contributed by atoms with Crippen molar-refractivity contribution in [3.63, 3.8) is 0 Å². The number of pyridine rings is 1. The number of hydrogen-bond donors (Lipinski definition) is 1. The van der Waals surface area contributed by atoms with Crippen LogP contribution in [0, 0.1) is 0 Å². The third-order valence-corrected chi connectivity index (χ3v) is 3.72. The van der Waals surface area contributed by atoms with Crippen LogP contribution in [0.3, 0.4) is 0 Å². The molecule has 1 atom stereocenters. The summed E-state index contributed by atoms with van der Waals surface area (Å²) in [5, 5.41) is 3.49. The highest BCUT2D eigenvalue weighted by atomic mass is 79.9. The van der Waals surface area contributed by atoms with Crippen LogP contribution in [-0.2, 0) is 6.54 Å². The van der Waals surface area contributed by atoms with Gasteiger partial charge in [-0.05, 0) is 52.9 Å². The van der Waals surface area contributed by atoms with Crippen LogP contribution in [0.25, 0.3) is 0 Å². The average molecular weight is 303 g/mol. The van der Waals surface area contributed by atoms with Crippen molar-refractivity contribution < 1.29 is 0 Å². The fourth-order valence-electron chi connectivity index (χ4n) is 1.30. The Labute approximate surface area is 111 Å². The van der Waals surface area contributed by atoms with Gasteiger partial charge in [-0.25, -0.2) is 0 Å². The predicted octanol–water partition coefficient (Wildman–Crippen LogP) is 3.47. The van der Waals surface area contributed by atoms with Crippen molar-refractivity contribution in [1.82, 2.24) is 10.3 Å². The van der Waals surface area contributed by atoms with E-state index in [9.17, 15) is 0 Å². The molecule has 1 aromatic heterocycles. The Morgan fingerprint density at radius 1 is 1.50 bits per heavy atom. The number of rotatable bonds is 7. The van der Waals surface area contributed by atoms with Gasteiger partial charge in [-0.15, -0.1) is 0 Å². The highest BCUT2D eigenvalue weighted by Crippen LogP contribution is 2.08. The molecular weight excluding hydrogens is 284 g/mol. The summed E-state index contributed by atoms with van der Waals surface area (Å²) in [6.45, 7) is 5.29. The van der Waals surface area contributed by atoms with E-state index in [0.717, 1.165) is 16.7 Å². The van der Waals surface area contributed by atoms with Gasteiger partial charge in [0.25, 0.3) is 0 Å². The second kappa shape index (κ2) is 8.09. The van der Waals surface area contributed by atoms with Gasteiger partial charge in [-0.3, -0.25) is 4.98 Å². The molecule has 1 heterocycles. The van der Waals surface area contributed by atoms with E-state index in [1.54, 1.807) is 0 Å². The monoisotopic (exact) mass is 302 g/mol. The Morgan fingerprint density at radius 2 is 2.31 bits per heavy atom. The normalized spacial score (nSPS) is 12.7. The molecule has 0 aliphatic rings. The Hall–Kier alpha value is -0.0600. The fourth-order valence-corrected chi connectivity index (χ4v) is 2.34. The Morgan fingerprint density at radius 3 is 2.94 bits per heavy atom. The standard InChI is InChI=1S/C12H19BrN2S/c1-3-16-7-6-10(2)14-9-12-5-4-11(13)8-15-12/h4-5,8,10,14H,3,6-7,9H2,1-2H3. The number of nitrogens with one attached hydrogen (secondary N) is 1. The lowest BCUT2D eigenvalue weighted by molar-refractivity contribution is 0.532. The Kier molecular flexibility index (Phi) is 7.08. The van der Waals surface area contributed by atoms with Crippen molar-refractivity contribution in [3.8, 4) is 0 Å². The lowest BCUT2D eigenvalue weighted by atomic mass is 10.2. The molecule has 0 bridgehead atoms. The summed E-state index contributed by atoms with van der Waals surface area (Å²) < 4.78 is 1.03. The van der Waals surface area contributed by atoms with Crippen LogP contribution in [0.5, 0.6) is 0 Å². The van der Waals surface area contributed by atoms with Gasteiger partial charge >= 0.3 is 0 Å². The Balaban J connectivity index is 2.20. The lowest BCUT2D eigenvalue weighted by Crippen LogP contribution is -2.26. The maximum absolute atomic E-state index is 4.33. The third-order valence-electron chi connectivity index (χ3n) is 2.32. The van der Waals surface area contributed by atoms with Crippen LogP contribution in [0.4, 0.5) is 0 Å². The van der Waals surface area contributed by atoms with Crippen LogP contribution < -0.4 is 5.32 Å². The van der Waals surface area contributed by atoms with Crippen LogP contribution >= 0.6 is 27.7 Å². The van der Waals surface area contributed by atoms with Crippen molar-refractivity contribution in [2.75, 3.05) is 11.5 Å². The third kappa shape index (κ3) is 5.87. The molecule has 1 unspecified atom stereocenters. The number of hydrogen-bond acceptors (Lipinski definition) is 3. The zero-order chi connectivity index (χ0) is 11.8. The molecule has 90 valence electrons. The molecule has 0 saturated carbocycles. The average Bonchev–Trinajstić information content (AvgIpc) is 2.29. The maximum atomic E-state index is 4.33. The summed E-state index contributed by atoms with van der Waals surface area (Å²) in [7, 11) is 0. The molecule has 2 nitrogen and oxygen atoms in total. The fraction of sp³-hybridized carbons (Fsp3) is 0.583. The Bertz CT molecular complexity index is 290. The van der Waals surface area contributed by atoms with Crippen LogP contribution in [0.1, 0.15) is 26.0 Å². The minimum absolute atomic E-state index is 0.560. The molecule has 4 heteroatoms. The van der Waals surface area contributed by atoms with Crippen molar-refractivity contribution in [2.45, 2.75) is 32.9 Å². The molecule has 0 radical (unpaired) electrons. The predicted molar refractivity (Wildman–Crippen MR) is 75.9 cm³/mol. The molecule has 0 amide bonds. The van der Waals surface area contributed by atoms with E-state index >= 15 is 0 Å². The molecule has 0 fully saturated rings. The van der Waals surface area contributed by atoms with Crippen LogP contribution in [0.2, 0.25) is 0 Å². The van der Waals surface area contributed by atoms with Gasteiger partial charge in [0.2, 0.25) is 0 Å². The van der Waals surface area contributed by atoms with E-state index in [1.807, 2.05) is 30.1 Å². The van der Waals surface area contributed by atoms with Gasteiger partial charge in [0.1, 0.15) is 0 Å². The first kappa shape index (κ1) is 14.0. The van der Waals surface area contributed by atoms with Gasteiger partial charge in [0.05, 0.1) is 5.69 Å². The molecule has 0 aliphatic heterocycles. The quantitative estimate of drug-likeness (QED) is 0.781. The van der Waals surface area contributed by atoms with Crippen LogP contribution in [-0.4, -0.2) is 22.5 Å². The highest BCUT2D eigenvalue weighted by molar-refractivity contribution is 9.10. The van der Waals surface area contributed by atoms with Gasteiger partial charge in [0.15, 0.2) is 0 Å². The van der Waals surface area contributed by atoms with Crippen molar-refractivity contribution >= 4 is 27.7 Å². The van der Waals surface area contributed by atoms with E-state index < -0.39 is 0 Å². The number of aromatic nitrogens is 1. The first-order chi connectivity index (χ1) is 7.72. The van der Waals surface area contributed by atoms with Crippen molar-refractivity contribution in [3.05, 3.63) is 28.5 Å². The molecule has 0 aliphatic carbocycles. The largest absolute Gasteiger partial charge is 0.309 e. The first-order valence-electron chi connectivity index (χ1n) is 5.64. The minimum Gasteiger partial charge on any atom is -0.309 e. The molecular formula is C12H19BrN2S. The number of halogens is 1. The molecule has 16 heavy (non-hydrogen) atoms. The van der Waals surface area contributed by atoms with Gasteiger partial charge in [0, 0.05) is 23.3 Å². The zero-order valence-electron chi connectivity index (χ0n) is 9.87. The van der Waals surface area contributed by atoms with E-state index in [-0.39, 0.29) is 0 Å². The van der Waals surface area contributed by atoms with Crippen molar-refractivity contribution in [2.24, 2.45) is 0 Å². The van der Waals surface area contributed by atoms with Gasteiger partial charge < -0.3 is 5.32 Å². The van der Waals surface area contributed by atoms with E-state index in [1.165, 1.54) is 17.9 Å². The summed E-state index contributed by atoms with van der Waals surface area (Å²) >= 11 is 5.38. The SMILES string of the molecule is CCSCCC(C)NCc1ccc(Br)cn1. The second-order valence-electron chi connectivity index (χ2n) is 3.74. The highest BCUT2D eigenvalue weighted by Gasteiger charge is 2.01. The molecule has 0 spiro atoms. The van der Waals surface area contributed by atoms with E-state index in [2.05, 4.69) is 40.1 Å². The summed E-state index contributed by atoms with van der Waals surface area (Å²) in [5.41, 5.74) is 1.10. The molecule has 0 aromatic carbocycles. The smallest absolute Gasteiger partial charge is 0.0542 e. The van der Waals surface area contributed by atoms with E-state index in [0.29, 0.717) is 6.04 Å². The zero-order valence-corrected chi connectivity index (χ0v) is 12.3. The van der Waals surface area contributed by atoms with Crippen molar-refractivity contribution in [1.29, 1.82) is 0 Å². The topological polar surface area (TPSA) is 24.9 Å². The van der Waals surface area contributed by atoms with Gasteiger partial charge in [-0.2, -0.15) is 11.8 Å². The van der Waals surface area contributed by atoms with Crippen LogP contribution in [0.15, 0.2) is 22.8 Å². The molecule has 1 aromatic rings. The second-order valence-corrected chi connectivity index (χ2v) is 6.04. The molecule has 0 saturated heterocycles. The molecule has 1 rings (SSSR count). The first-order valence-corrected chi connectivity index (χ1v) is 7.58. The summed E-state index contributed by atoms with van der Waals surface area (Å²) in [6, 6.07) is 4.64. The number of thioether (sulfide) groups is 1.